The van der Waals surface area contributed by atoms with E-state index in [1.165, 1.54) is 24.3 Å². The van der Waals surface area contributed by atoms with E-state index in [1.54, 1.807) is 0 Å². The van der Waals surface area contributed by atoms with Gasteiger partial charge in [-0.1, -0.05) is 12.1 Å². The Morgan fingerprint density at radius 3 is 2.31 bits per heavy atom. The number of carboxylic acids is 1. The molecule has 0 saturated carbocycles. The molecule has 1 aromatic rings. The predicted molar refractivity (Wildman–Crippen MR) is 56.9 cm³/mol. The molecule has 82 valence electrons. The molecule has 0 aliphatic carbocycles. The van der Waals surface area contributed by atoms with Gasteiger partial charge in [0.2, 0.25) is 5.78 Å². The SMILES string of the molecule is O=C1SNC(c2ccc(C(=O)O)cc2)C1=O. The van der Waals surface area contributed by atoms with Crippen LogP contribution in [0.4, 0.5) is 0 Å². The quantitative estimate of drug-likeness (QED) is 0.584. The normalized spacial score (nSPS) is 20.1. The van der Waals surface area contributed by atoms with Crippen molar-refractivity contribution in [2.75, 3.05) is 0 Å². The molecule has 1 unspecified atom stereocenters. The molecule has 1 aliphatic heterocycles. The minimum Gasteiger partial charge on any atom is -0.478 e. The predicted octanol–water partition coefficient (Wildman–Crippen LogP) is 0.773. The summed E-state index contributed by atoms with van der Waals surface area (Å²) in [4.78, 5) is 33.0. The molecule has 1 saturated heterocycles. The van der Waals surface area contributed by atoms with Crippen LogP contribution in [0, 0.1) is 0 Å². The molecule has 1 atom stereocenters. The highest BCUT2D eigenvalue weighted by molar-refractivity contribution is 8.14. The first-order chi connectivity index (χ1) is 7.59. The monoisotopic (exact) mass is 237 g/mol. The molecular formula is C10H7NO4S. The number of benzene rings is 1. The third kappa shape index (κ3) is 1.84. The van der Waals surface area contributed by atoms with E-state index in [0.29, 0.717) is 5.56 Å². The maximum atomic E-state index is 11.4. The molecule has 1 aromatic carbocycles. The van der Waals surface area contributed by atoms with E-state index in [2.05, 4.69) is 4.72 Å². The summed E-state index contributed by atoms with van der Waals surface area (Å²) < 4.78 is 2.69. The van der Waals surface area contributed by atoms with Crippen molar-refractivity contribution in [2.45, 2.75) is 6.04 Å². The second-order valence-electron chi connectivity index (χ2n) is 3.23. The lowest BCUT2D eigenvalue weighted by molar-refractivity contribution is -0.131. The third-order valence-electron chi connectivity index (χ3n) is 2.22. The first-order valence-electron chi connectivity index (χ1n) is 4.43. The van der Waals surface area contributed by atoms with Gasteiger partial charge >= 0.3 is 5.97 Å². The van der Waals surface area contributed by atoms with Crippen molar-refractivity contribution in [3.05, 3.63) is 35.4 Å². The fraction of sp³-hybridized carbons (Fsp3) is 0.100. The van der Waals surface area contributed by atoms with E-state index in [1.807, 2.05) is 0 Å². The Hall–Kier alpha value is -1.66. The van der Waals surface area contributed by atoms with Crippen molar-refractivity contribution < 1.29 is 19.5 Å². The van der Waals surface area contributed by atoms with Crippen LogP contribution < -0.4 is 4.72 Å². The van der Waals surface area contributed by atoms with Crippen molar-refractivity contribution in [3.63, 3.8) is 0 Å². The van der Waals surface area contributed by atoms with Crippen molar-refractivity contribution in [2.24, 2.45) is 0 Å². The Labute approximate surface area is 95.0 Å². The van der Waals surface area contributed by atoms with Gasteiger partial charge in [0.25, 0.3) is 5.12 Å². The molecule has 0 spiro atoms. The fourth-order valence-corrected chi connectivity index (χ4v) is 2.06. The van der Waals surface area contributed by atoms with Gasteiger partial charge in [-0.2, -0.15) is 0 Å². The van der Waals surface area contributed by atoms with Gasteiger partial charge < -0.3 is 5.11 Å². The van der Waals surface area contributed by atoms with Gasteiger partial charge in [0.1, 0.15) is 6.04 Å². The average Bonchev–Trinajstić information content (AvgIpc) is 2.60. The van der Waals surface area contributed by atoms with Gasteiger partial charge in [0.05, 0.1) is 5.56 Å². The summed E-state index contributed by atoms with van der Waals surface area (Å²) >= 11 is 0.764. The Kier molecular flexibility index (Phi) is 2.76. The lowest BCUT2D eigenvalue weighted by atomic mass is 10.0. The fourth-order valence-electron chi connectivity index (χ4n) is 1.37. The topological polar surface area (TPSA) is 83.5 Å². The Morgan fingerprint density at radius 1 is 1.25 bits per heavy atom. The lowest BCUT2D eigenvalue weighted by Crippen LogP contribution is -2.17. The van der Waals surface area contributed by atoms with Gasteiger partial charge in [-0.3, -0.25) is 9.59 Å². The average molecular weight is 237 g/mol. The number of nitrogens with one attached hydrogen (secondary N) is 1. The summed E-state index contributed by atoms with van der Waals surface area (Å²) in [5.74, 6) is -1.53. The van der Waals surface area contributed by atoms with Gasteiger partial charge in [0.15, 0.2) is 0 Å². The number of hydrogen-bond donors (Lipinski definition) is 2. The van der Waals surface area contributed by atoms with Crippen molar-refractivity contribution >= 4 is 28.8 Å². The smallest absolute Gasteiger partial charge is 0.335 e. The van der Waals surface area contributed by atoms with Crippen LogP contribution in [-0.4, -0.2) is 22.0 Å². The Morgan fingerprint density at radius 2 is 1.88 bits per heavy atom. The highest BCUT2D eigenvalue weighted by atomic mass is 32.2. The third-order valence-corrected chi connectivity index (χ3v) is 2.96. The van der Waals surface area contributed by atoms with Crippen LogP contribution in [0.2, 0.25) is 0 Å². The molecule has 0 amide bonds. The summed E-state index contributed by atoms with van der Waals surface area (Å²) in [5, 5.41) is 8.17. The molecule has 5 nitrogen and oxygen atoms in total. The lowest BCUT2D eigenvalue weighted by Gasteiger charge is -2.06. The number of carbonyl (C=O) groups is 3. The number of ketones is 1. The van der Waals surface area contributed by atoms with Gasteiger partial charge in [-0.15, -0.1) is 0 Å². The largest absolute Gasteiger partial charge is 0.478 e. The van der Waals surface area contributed by atoms with Crippen molar-refractivity contribution in [1.82, 2.24) is 4.72 Å². The highest BCUT2D eigenvalue weighted by Gasteiger charge is 2.34. The number of Topliss-reactive ketones (excluding diaryl/α,β-unsaturated/α-hetero) is 1. The minimum absolute atomic E-state index is 0.146. The van der Waals surface area contributed by atoms with Crippen LogP contribution >= 0.6 is 11.9 Å². The van der Waals surface area contributed by atoms with E-state index < -0.39 is 22.9 Å². The number of hydrogen-bond acceptors (Lipinski definition) is 5. The molecule has 1 aliphatic rings. The first kappa shape index (κ1) is 10.8. The van der Waals surface area contributed by atoms with Crippen molar-refractivity contribution in [3.8, 4) is 0 Å². The molecule has 0 radical (unpaired) electrons. The Balaban J connectivity index is 2.26. The molecule has 1 fully saturated rings. The first-order valence-corrected chi connectivity index (χ1v) is 5.25. The van der Waals surface area contributed by atoms with E-state index in [4.69, 9.17) is 5.11 Å². The number of rotatable bonds is 2. The van der Waals surface area contributed by atoms with Crippen molar-refractivity contribution in [1.29, 1.82) is 0 Å². The van der Waals surface area contributed by atoms with Gasteiger partial charge in [0, 0.05) is 11.9 Å². The molecule has 2 rings (SSSR count). The second-order valence-corrected chi connectivity index (χ2v) is 4.04. The van der Waals surface area contributed by atoms with Crippen LogP contribution in [0.25, 0.3) is 0 Å². The molecular weight excluding hydrogens is 230 g/mol. The van der Waals surface area contributed by atoms with Crippen LogP contribution in [0.3, 0.4) is 0 Å². The molecule has 1 heterocycles. The number of carboxylic acid groups (broad SMARTS) is 1. The van der Waals surface area contributed by atoms with Crippen LogP contribution in [-0.2, 0) is 9.59 Å². The molecule has 0 aromatic heterocycles. The molecule has 6 heteroatoms. The standard InChI is InChI=1S/C10H7NO4S/c12-8-7(11-16-10(8)15)5-1-3-6(4-2-5)9(13)14/h1-4,7,11H,(H,13,14). The van der Waals surface area contributed by atoms with E-state index in [-0.39, 0.29) is 5.56 Å². The minimum atomic E-state index is -1.03. The number of aromatic carboxylic acids is 1. The van der Waals surface area contributed by atoms with E-state index in [0.717, 1.165) is 11.9 Å². The molecule has 16 heavy (non-hydrogen) atoms. The summed E-state index contributed by atoms with van der Waals surface area (Å²) in [6.07, 6.45) is 0. The van der Waals surface area contributed by atoms with Gasteiger partial charge in [-0.25, -0.2) is 9.52 Å². The van der Waals surface area contributed by atoms with Gasteiger partial charge in [-0.05, 0) is 17.7 Å². The van der Waals surface area contributed by atoms with E-state index >= 15 is 0 Å². The molecule has 2 N–H and O–H groups in total. The summed E-state index contributed by atoms with van der Waals surface area (Å²) in [5.41, 5.74) is 0.738. The van der Waals surface area contributed by atoms with Crippen LogP contribution in [0.15, 0.2) is 24.3 Å². The zero-order valence-corrected chi connectivity index (χ0v) is 8.78. The zero-order valence-electron chi connectivity index (χ0n) is 7.97. The zero-order chi connectivity index (χ0) is 11.7. The second kappa shape index (κ2) is 4.07. The summed E-state index contributed by atoms with van der Waals surface area (Å²) in [7, 11) is 0. The highest BCUT2D eigenvalue weighted by Crippen LogP contribution is 2.25. The van der Waals surface area contributed by atoms with Crippen LogP contribution in [0.5, 0.6) is 0 Å². The van der Waals surface area contributed by atoms with E-state index in [9.17, 15) is 14.4 Å². The maximum absolute atomic E-state index is 11.4. The molecule has 0 bridgehead atoms. The number of carbonyl (C=O) groups excluding carboxylic acids is 2. The summed E-state index contributed by atoms with van der Waals surface area (Å²) in [6.45, 7) is 0. The summed E-state index contributed by atoms with van der Waals surface area (Å²) in [6, 6.07) is 5.19. The van der Waals surface area contributed by atoms with Crippen LogP contribution in [0.1, 0.15) is 22.0 Å². The Bertz CT molecular complexity index is 468. The maximum Gasteiger partial charge on any atom is 0.335 e.